The van der Waals surface area contributed by atoms with E-state index in [1.807, 2.05) is 55.5 Å². The van der Waals surface area contributed by atoms with Gasteiger partial charge in [0.2, 0.25) is 5.91 Å². The predicted octanol–water partition coefficient (Wildman–Crippen LogP) is 2.90. The first-order valence-electron chi connectivity index (χ1n) is 8.32. The number of amides is 3. The molecule has 7 heteroatoms. The molecule has 4 N–H and O–H groups in total. The summed E-state index contributed by atoms with van der Waals surface area (Å²) in [6.45, 7) is 3.91. The minimum atomic E-state index is -0.299. The second-order valence-corrected chi connectivity index (χ2v) is 6.22. The number of nitrogens with one attached hydrogen (secondary N) is 4. The molecule has 0 aromatic heterocycles. The fourth-order valence-electron chi connectivity index (χ4n) is 2.58. The Morgan fingerprint density at radius 1 is 1.04 bits per heavy atom. The Labute approximate surface area is 159 Å². The number of rotatable bonds is 5. The molecule has 26 heavy (non-hydrogen) atoms. The first-order chi connectivity index (χ1) is 12.1. The molecule has 1 heterocycles. The van der Waals surface area contributed by atoms with Crippen LogP contribution in [0.1, 0.15) is 11.1 Å². The smallest absolute Gasteiger partial charge is 0.323 e. The zero-order chi connectivity index (χ0) is 17.6. The number of carbonyl (C=O) groups is 2. The van der Waals surface area contributed by atoms with Crippen LogP contribution >= 0.6 is 12.4 Å². The highest BCUT2D eigenvalue weighted by molar-refractivity contribution is 5.99. The van der Waals surface area contributed by atoms with E-state index >= 15 is 0 Å². The van der Waals surface area contributed by atoms with E-state index < -0.39 is 0 Å². The van der Waals surface area contributed by atoms with Gasteiger partial charge in [0.05, 0.1) is 5.92 Å². The molecule has 1 fully saturated rings. The van der Waals surface area contributed by atoms with Gasteiger partial charge in [0.1, 0.15) is 0 Å². The molecule has 0 atom stereocenters. The molecule has 0 aliphatic carbocycles. The maximum atomic E-state index is 12.1. The molecule has 1 saturated heterocycles. The van der Waals surface area contributed by atoms with Crippen LogP contribution in [0.25, 0.3) is 0 Å². The van der Waals surface area contributed by atoms with Crippen LogP contribution < -0.4 is 21.3 Å². The lowest BCUT2D eigenvalue weighted by Gasteiger charge is -2.25. The monoisotopic (exact) mass is 374 g/mol. The number of anilines is 2. The van der Waals surface area contributed by atoms with Crippen LogP contribution in [0.2, 0.25) is 0 Å². The van der Waals surface area contributed by atoms with Gasteiger partial charge in [0.25, 0.3) is 0 Å². The topological polar surface area (TPSA) is 82.3 Å². The van der Waals surface area contributed by atoms with Crippen LogP contribution in [0, 0.1) is 12.8 Å². The van der Waals surface area contributed by atoms with Crippen LogP contribution in [0.4, 0.5) is 16.2 Å². The Hall–Kier alpha value is -2.57. The maximum Gasteiger partial charge on any atom is 0.323 e. The fourth-order valence-corrected chi connectivity index (χ4v) is 2.58. The summed E-state index contributed by atoms with van der Waals surface area (Å²) in [5.41, 5.74) is 3.45. The maximum absolute atomic E-state index is 12.1. The predicted molar refractivity (Wildman–Crippen MR) is 106 cm³/mol. The van der Waals surface area contributed by atoms with Crippen LogP contribution in [0.15, 0.2) is 48.5 Å². The third-order valence-corrected chi connectivity index (χ3v) is 4.08. The van der Waals surface area contributed by atoms with Crippen LogP contribution in [0.5, 0.6) is 0 Å². The number of hydrogen-bond acceptors (Lipinski definition) is 3. The molecule has 3 rings (SSSR count). The van der Waals surface area contributed by atoms with Gasteiger partial charge in [-0.3, -0.25) is 4.79 Å². The molecular formula is C19H23ClN4O2. The van der Waals surface area contributed by atoms with Crippen LogP contribution in [-0.2, 0) is 11.3 Å². The zero-order valence-corrected chi connectivity index (χ0v) is 15.4. The summed E-state index contributed by atoms with van der Waals surface area (Å²) in [6.07, 6.45) is 0. The molecule has 2 aromatic carbocycles. The van der Waals surface area contributed by atoms with E-state index in [2.05, 4.69) is 21.3 Å². The van der Waals surface area contributed by atoms with Crippen LogP contribution in [0.3, 0.4) is 0 Å². The molecule has 0 unspecified atom stereocenters. The minimum absolute atomic E-state index is 0. The largest absolute Gasteiger partial charge is 0.352 e. The lowest BCUT2D eigenvalue weighted by atomic mass is 10.0. The normalized spacial score (nSPS) is 13.1. The molecule has 6 nitrogen and oxygen atoms in total. The van der Waals surface area contributed by atoms with Crippen molar-refractivity contribution in [3.8, 4) is 0 Å². The molecular weight excluding hydrogens is 352 g/mol. The van der Waals surface area contributed by atoms with Crippen molar-refractivity contribution in [2.24, 2.45) is 5.92 Å². The molecule has 138 valence electrons. The van der Waals surface area contributed by atoms with Crippen molar-refractivity contribution < 1.29 is 9.59 Å². The standard InChI is InChI=1S/C19H22N4O2.ClH/c1-13-4-2-6-16(8-13)22-19(25)23-17-7-3-5-14(9-17)10-21-18(24)15-11-20-12-15;/h2-9,15,20H,10-12H2,1H3,(H,21,24)(H2,22,23,25);1H. The van der Waals surface area contributed by atoms with Crippen molar-refractivity contribution in [1.29, 1.82) is 0 Å². The molecule has 1 aliphatic heterocycles. The highest BCUT2D eigenvalue weighted by Gasteiger charge is 2.24. The summed E-state index contributed by atoms with van der Waals surface area (Å²) >= 11 is 0. The Morgan fingerprint density at radius 2 is 1.69 bits per heavy atom. The first kappa shape index (κ1) is 19.8. The summed E-state index contributed by atoms with van der Waals surface area (Å²) in [5.74, 6) is 0.135. The lowest BCUT2D eigenvalue weighted by Crippen LogP contribution is -2.50. The van der Waals surface area contributed by atoms with Crippen molar-refractivity contribution in [1.82, 2.24) is 10.6 Å². The van der Waals surface area contributed by atoms with Gasteiger partial charge in [0.15, 0.2) is 0 Å². The second-order valence-electron chi connectivity index (χ2n) is 6.22. The van der Waals surface area contributed by atoms with Gasteiger partial charge in [-0.2, -0.15) is 0 Å². The zero-order valence-electron chi connectivity index (χ0n) is 14.5. The molecule has 0 radical (unpaired) electrons. The summed E-state index contributed by atoms with van der Waals surface area (Å²) in [5, 5.41) is 11.6. The summed E-state index contributed by atoms with van der Waals surface area (Å²) in [6, 6.07) is 14.8. The van der Waals surface area contributed by atoms with Crippen molar-refractivity contribution >= 4 is 35.7 Å². The van der Waals surface area contributed by atoms with E-state index in [1.54, 1.807) is 0 Å². The SMILES string of the molecule is Cc1cccc(NC(=O)Nc2cccc(CNC(=O)C3CNC3)c2)c1.Cl. The Morgan fingerprint density at radius 3 is 2.31 bits per heavy atom. The average Bonchev–Trinajstić information content (AvgIpc) is 2.51. The van der Waals surface area contributed by atoms with E-state index in [9.17, 15) is 9.59 Å². The number of urea groups is 1. The summed E-state index contributed by atoms with van der Waals surface area (Å²) < 4.78 is 0. The quantitative estimate of drug-likeness (QED) is 0.649. The van der Waals surface area contributed by atoms with Gasteiger partial charge in [-0.1, -0.05) is 24.3 Å². The van der Waals surface area contributed by atoms with Gasteiger partial charge in [-0.05, 0) is 42.3 Å². The van der Waals surface area contributed by atoms with Crippen molar-refractivity contribution in [3.63, 3.8) is 0 Å². The van der Waals surface area contributed by atoms with Gasteiger partial charge in [-0.25, -0.2) is 4.79 Å². The number of halogens is 1. The van der Waals surface area contributed by atoms with Crippen LogP contribution in [-0.4, -0.2) is 25.0 Å². The van der Waals surface area contributed by atoms with E-state index in [-0.39, 0.29) is 30.3 Å². The Balaban J connectivity index is 0.00000243. The third kappa shape index (κ3) is 5.47. The van der Waals surface area contributed by atoms with Gasteiger partial charge >= 0.3 is 6.03 Å². The molecule has 0 saturated carbocycles. The highest BCUT2D eigenvalue weighted by Crippen LogP contribution is 2.13. The van der Waals surface area contributed by atoms with Gasteiger partial charge < -0.3 is 21.3 Å². The molecule has 0 bridgehead atoms. The Bertz CT molecular complexity index is 778. The molecule has 1 aliphatic rings. The number of hydrogen-bond donors (Lipinski definition) is 4. The fraction of sp³-hybridized carbons (Fsp3) is 0.263. The summed E-state index contributed by atoms with van der Waals surface area (Å²) in [7, 11) is 0. The average molecular weight is 375 g/mol. The van der Waals surface area contributed by atoms with Crippen molar-refractivity contribution in [2.45, 2.75) is 13.5 Å². The van der Waals surface area contributed by atoms with Gasteiger partial charge in [0, 0.05) is 31.0 Å². The number of aryl methyl sites for hydroxylation is 1. The lowest BCUT2D eigenvalue weighted by molar-refractivity contribution is -0.126. The van der Waals surface area contributed by atoms with E-state index in [0.717, 1.165) is 29.9 Å². The number of carbonyl (C=O) groups excluding carboxylic acids is 2. The van der Waals surface area contributed by atoms with E-state index in [4.69, 9.17) is 0 Å². The third-order valence-electron chi connectivity index (χ3n) is 4.08. The van der Waals surface area contributed by atoms with E-state index in [1.165, 1.54) is 0 Å². The molecule has 2 aromatic rings. The van der Waals surface area contributed by atoms with E-state index in [0.29, 0.717) is 12.2 Å². The van der Waals surface area contributed by atoms with Gasteiger partial charge in [-0.15, -0.1) is 12.4 Å². The highest BCUT2D eigenvalue weighted by atomic mass is 35.5. The minimum Gasteiger partial charge on any atom is -0.352 e. The Kier molecular flexibility index (Phi) is 7.00. The first-order valence-corrected chi connectivity index (χ1v) is 8.32. The molecule has 3 amide bonds. The summed E-state index contributed by atoms with van der Waals surface area (Å²) in [4.78, 5) is 24.0. The van der Waals surface area contributed by atoms with Crippen molar-refractivity contribution in [2.75, 3.05) is 23.7 Å². The number of benzene rings is 2. The molecule has 0 spiro atoms. The van der Waals surface area contributed by atoms with Crippen molar-refractivity contribution in [3.05, 3.63) is 59.7 Å². The second kappa shape index (κ2) is 9.22.